The first kappa shape index (κ1) is 19.0. The van der Waals surface area contributed by atoms with Crippen LogP contribution in [0.25, 0.3) is 0 Å². The fourth-order valence-electron chi connectivity index (χ4n) is 2.84. The number of thioether (sulfide) groups is 1. The lowest BCUT2D eigenvalue weighted by molar-refractivity contribution is 0.122. The molecule has 0 saturated carbocycles. The highest BCUT2D eigenvalue weighted by Gasteiger charge is 2.10. The van der Waals surface area contributed by atoms with Gasteiger partial charge < -0.3 is 9.64 Å². The van der Waals surface area contributed by atoms with Crippen molar-refractivity contribution in [1.82, 2.24) is 14.9 Å². The maximum atomic E-state index is 5.93. The van der Waals surface area contributed by atoms with Crippen molar-refractivity contribution in [3.63, 3.8) is 0 Å². The minimum Gasteiger partial charge on any atom is -0.378 e. The first-order valence-electron chi connectivity index (χ1n) is 9.02. The second kappa shape index (κ2) is 9.23. The Morgan fingerprint density at radius 1 is 1.07 bits per heavy atom. The Bertz CT molecular complexity index is 921. The molecule has 6 nitrogen and oxygen atoms in total. The van der Waals surface area contributed by atoms with Crippen molar-refractivity contribution in [1.29, 1.82) is 0 Å². The van der Waals surface area contributed by atoms with Gasteiger partial charge in [0.2, 0.25) is 5.16 Å². The summed E-state index contributed by atoms with van der Waals surface area (Å²) >= 11 is 7.51. The molecular weight excluding hydrogens is 394 g/mol. The zero-order valence-electron chi connectivity index (χ0n) is 15.2. The maximum Gasteiger partial charge on any atom is 0.212 e. The van der Waals surface area contributed by atoms with E-state index in [4.69, 9.17) is 16.3 Å². The molecule has 1 aliphatic rings. The number of benzene rings is 2. The smallest absolute Gasteiger partial charge is 0.212 e. The van der Waals surface area contributed by atoms with E-state index in [9.17, 15) is 0 Å². The van der Waals surface area contributed by atoms with E-state index in [1.165, 1.54) is 11.3 Å². The van der Waals surface area contributed by atoms with Crippen molar-refractivity contribution in [2.75, 3.05) is 31.2 Å². The van der Waals surface area contributed by atoms with Gasteiger partial charge in [-0.05, 0) is 35.4 Å². The van der Waals surface area contributed by atoms with Crippen LogP contribution in [0, 0.1) is 0 Å². The van der Waals surface area contributed by atoms with Crippen molar-refractivity contribution >= 4 is 35.3 Å². The molecule has 4 rings (SSSR count). The lowest BCUT2D eigenvalue weighted by Gasteiger charge is -2.28. The minimum absolute atomic E-state index is 0.737. The van der Waals surface area contributed by atoms with Gasteiger partial charge in [0, 0.05) is 29.6 Å². The molecule has 2 heterocycles. The first-order valence-corrected chi connectivity index (χ1v) is 10.4. The Hall–Kier alpha value is -2.35. The second-order valence-electron chi connectivity index (χ2n) is 6.31. The fourth-order valence-corrected chi connectivity index (χ4v) is 3.79. The molecule has 2 aromatic carbocycles. The van der Waals surface area contributed by atoms with Gasteiger partial charge in [-0.3, -0.25) is 0 Å². The van der Waals surface area contributed by atoms with Gasteiger partial charge >= 0.3 is 0 Å². The van der Waals surface area contributed by atoms with E-state index in [2.05, 4.69) is 44.5 Å². The summed E-state index contributed by atoms with van der Waals surface area (Å²) in [5.41, 5.74) is 3.41. The predicted molar refractivity (Wildman–Crippen MR) is 114 cm³/mol. The van der Waals surface area contributed by atoms with Crippen molar-refractivity contribution in [2.45, 2.75) is 10.9 Å². The highest BCUT2D eigenvalue weighted by Crippen LogP contribution is 2.22. The van der Waals surface area contributed by atoms with Crippen molar-refractivity contribution in [2.24, 2.45) is 5.10 Å². The van der Waals surface area contributed by atoms with Crippen LogP contribution in [0.15, 0.2) is 65.1 Å². The summed E-state index contributed by atoms with van der Waals surface area (Å²) in [7, 11) is 0. The maximum absolute atomic E-state index is 5.93. The van der Waals surface area contributed by atoms with Crippen LogP contribution in [0.5, 0.6) is 0 Å². The molecule has 0 atom stereocenters. The van der Waals surface area contributed by atoms with Crippen molar-refractivity contribution in [3.8, 4) is 0 Å². The SMILES string of the molecule is Clc1ccc(CSc2nncn2/N=C/c2ccc(N3CCOCC3)cc2)cc1. The number of ether oxygens (including phenoxy) is 1. The summed E-state index contributed by atoms with van der Waals surface area (Å²) < 4.78 is 7.09. The van der Waals surface area contributed by atoms with E-state index in [1.54, 1.807) is 22.8 Å². The molecule has 0 amide bonds. The van der Waals surface area contributed by atoms with E-state index >= 15 is 0 Å². The van der Waals surface area contributed by atoms with Gasteiger partial charge in [0.15, 0.2) is 0 Å². The van der Waals surface area contributed by atoms with E-state index in [-0.39, 0.29) is 0 Å². The van der Waals surface area contributed by atoms with Crippen LogP contribution < -0.4 is 4.90 Å². The van der Waals surface area contributed by atoms with Gasteiger partial charge in [-0.15, -0.1) is 10.2 Å². The molecule has 144 valence electrons. The fraction of sp³-hybridized carbons (Fsp3) is 0.250. The molecule has 0 radical (unpaired) electrons. The van der Waals surface area contributed by atoms with Gasteiger partial charge in [0.05, 0.1) is 19.4 Å². The van der Waals surface area contributed by atoms with E-state index in [0.29, 0.717) is 0 Å². The molecule has 3 aromatic rings. The average Bonchev–Trinajstić information content (AvgIpc) is 3.20. The molecule has 1 saturated heterocycles. The van der Waals surface area contributed by atoms with Crippen LogP contribution in [0.4, 0.5) is 5.69 Å². The molecular formula is C20H20ClN5OS. The number of hydrogen-bond donors (Lipinski definition) is 0. The molecule has 0 N–H and O–H groups in total. The minimum atomic E-state index is 0.737. The molecule has 0 bridgehead atoms. The number of nitrogens with zero attached hydrogens (tertiary/aromatic N) is 5. The summed E-state index contributed by atoms with van der Waals surface area (Å²) in [6.45, 7) is 3.44. The summed E-state index contributed by atoms with van der Waals surface area (Å²) in [6, 6.07) is 16.2. The summed E-state index contributed by atoms with van der Waals surface area (Å²) in [5.74, 6) is 0.777. The first-order chi connectivity index (χ1) is 13.8. The van der Waals surface area contributed by atoms with Gasteiger partial charge in [-0.25, -0.2) is 0 Å². The Morgan fingerprint density at radius 3 is 2.57 bits per heavy atom. The van der Waals surface area contributed by atoms with Gasteiger partial charge in [-0.2, -0.15) is 9.78 Å². The van der Waals surface area contributed by atoms with Crippen molar-refractivity contribution < 1.29 is 4.74 Å². The topological polar surface area (TPSA) is 55.5 Å². The standard InChI is InChI=1S/C20H20ClN5OS/c21-18-5-1-17(2-6-18)14-28-20-24-22-15-26(20)23-13-16-3-7-19(8-4-16)25-9-11-27-12-10-25/h1-8,13,15H,9-12,14H2/b23-13+. The summed E-state index contributed by atoms with van der Waals surface area (Å²) in [5, 5.41) is 14.1. The molecule has 1 aliphatic heterocycles. The van der Waals surface area contributed by atoms with E-state index in [0.717, 1.165) is 47.8 Å². The molecule has 0 aliphatic carbocycles. The highest BCUT2D eigenvalue weighted by atomic mass is 35.5. The monoisotopic (exact) mass is 413 g/mol. The molecule has 1 fully saturated rings. The lowest BCUT2D eigenvalue weighted by Crippen LogP contribution is -2.36. The second-order valence-corrected chi connectivity index (χ2v) is 7.69. The third-order valence-corrected chi connectivity index (χ3v) is 5.64. The largest absolute Gasteiger partial charge is 0.378 e. The van der Waals surface area contributed by atoms with Gasteiger partial charge in [-0.1, -0.05) is 47.6 Å². The van der Waals surface area contributed by atoms with Gasteiger partial charge in [0.25, 0.3) is 0 Å². The van der Waals surface area contributed by atoms with Crippen LogP contribution in [0.2, 0.25) is 5.02 Å². The summed E-state index contributed by atoms with van der Waals surface area (Å²) in [4.78, 5) is 2.33. The summed E-state index contributed by atoms with van der Waals surface area (Å²) in [6.07, 6.45) is 3.43. The Morgan fingerprint density at radius 2 is 1.82 bits per heavy atom. The average molecular weight is 414 g/mol. The van der Waals surface area contributed by atoms with Crippen LogP contribution in [0.1, 0.15) is 11.1 Å². The molecule has 0 unspecified atom stereocenters. The normalized spacial score (nSPS) is 14.7. The number of rotatable bonds is 6. The van der Waals surface area contributed by atoms with Gasteiger partial charge in [0.1, 0.15) is 6.33 Å². The third kappa shape index (κ3) is 4.92. The predicted octanol–water partition coefficient (Wildman–Crippen LogP) is 3.94. The number of anilines is 1. The lowest BCUT2D eigenvalue weighted by atomic mass is 10.2. The molecule has 0 spiro atoms. The van der Waals surface area contributed by atoms with E-state index in [1.807, 2.05) is 30.5 Å². The Labute approximate surface area is 173 Å². The van der Waals surface area contributed by atoms with Crippen LogP contribution in [0.3, 0.4) is 0 Å². The van der Waals surface area contributed by atoms with E-state index < -0.39 is 0 Å². The Balaban J connectivity index is 1.38. The van der Waals surface area contributed by atoms with Crippen LogP contribution in [-0.4, -0.2) is 47.4 Å². The zero-order valence-corrected chi connectivity index (χ0v) is 16.8. The number of halogens is 1. The number of aromatic nitrogens is 3. The third-order valence-electron chi connectivity index (χ3n) is 4.38. The molecule has 1 aromatic heterocycles. The number of hydrogen-bond acceptors (Lipinski definition) is 6. The highest BCUT2D eigenvalue weighted by molar-refractivity contribution is 7.98. The Kier molecular flexibility index (Phi) is 6.26. The number of morpholine rings is 1. The van der Waals surface area contributed by atoms with Crippen LogP contribution >= 0.6 is 23.4 Å². The van der Waals surface area contributed by atoms with Crippen molar-refractivity contribution in [3.05, 3.63) is 71.0 Å². The zero-order chi connectivity index (χ0) is 19.2. The molecule has 28 heavy (non-hydrogen) atoms. The quantitative estimate of drug-likeness (QED) is 0.452. The van der Waals surface area contributed by atoms with Crippen LogP contribution in [-0.2, 0) is 10.5 Å². The molecule has 8 heteroatoms.